The van der Waals surface area contributed by atoms with Crippen molar-refractivity contribution >= 4 is 29.4 Å². The number of nitrogens with zero attached hydrogens (tertiary/aromatic N) is 2. The van der Waals surface area contributed by atoms with Gasteiger partial charge in [-0.2, -0.15) is 0 Å². The van der Waals surface area contributed by atoms with Crippen LogP contribution in [0.5, 0.6) is 0 Å². The molecule has 0 spiro atoms. The van der Waals surface area contributed by atoms with E-state index in [1.807, 2.05) is 6.92 Å². The predicted molar refractivity (Wildman–Crippen MR) is 73.1 cm³/mol. The molecule has 6 nitrogen and oxygen atoms in total. The Labute approximate surface area is 113 Å². The van der Waals surface area contributed by atoms with Crippen molar-refractivity contribution in [2.24, 2.45) is 0 Å². The number of aromatic nitrogens is 2. The quantitative estimate of drug-likeness (QED) is 0.732. The summed E-state index contributed by atoms with van der Waals surface area (Å²) in [6.07, 6.45) is 0. The van der Waals surface area contributed by atoms with Gasteiger partial charge in [0.05, 0.1) is 5.56 Å². The van der Waals surface area contributed by atoms with E-state index in [-0.39, 0.29) is 5.56 Å². The number of aryl methyl sites for hydroxylation is 1. The maximum atomic E-state index is 10.8. The van der Waals surface area contributed by atoms with Crippen molar-refractivity contribution < 1.29 is 9.90 Å². The van der Waals surface area contributed by atoms with Crippen LogP contribution in [0.15, 0.2) is 34.3 Å². The van der Waals surface area contributed by atoms with Crippen molar-refractivity contribution in [3.63, 3.8) is 0 Å². The molecule has 98 valence electrons. The zero-order valence-corrected chi connectivity index (χ0v) is 10.9. The van der Waals surface area contributed by atoms with Gasteiger partial charge in [0.2, 0.25) is 0 Å². The molecule has 1 aromatic carbocycles. The summed E-state index contributed by atoms with van der Waals surface area (Å²) in [4.78, 5) is 19.8. The molecule has 7 heteroatoms. The molecule has 0 aliphatic rings. The van der Waals surface area contributed by atoms with Gasteiger partial charge in [-0.25, -0.2) is 14.8 Å². The summed E-state index contributed by atoms with van der Waals surface area (Å²) in [6, 6.07) is 6.32. The smallest absolute Gasteiger partial charge is 0.335 e. The van der Waals surface area contributed by atoms with Gasteiger partial charge in [-0.1, -0.05) is 0 Å². The van der Waals surface area contributed by atoms with Gasteiger partial charge in [0, 0.05) is 11.0 Å². The number of carboxylic acids is 1. The van der Waals surface area contributed by atoms with E-state index in [0.717, 1.165) is 10.5 Å². The first-order valence-electron chi connectivity index (χ1n) is 5.37. The third-order valence-electron chi connectivity index (χ3n) is 2.37. The van der Waals surface area contributed by atoms with Crippen molar-refractivity contribution in [1.82, 2.24) is 9.97 Å². The monoisotopic (exact) mass is 276 g/mol. The van der Waals surface area contributed by atoms with E-state index in [0.29, 0.717) is 16.8 Å². The lowest BCUT2D eigenvalue weighted by Crippen LogP contribution is -2.00. The summed E-state index contributed by atoms with van der Waals surface area (Å²) < 4.78 is 0. The molecule has 0 aliphatic heterocycles. The second-order valence-electron chi connectivity index (χ2n) is 3.89. The van der Waals surface area contributed by atoms with Crippen molar-refractivity contribution in [3.8, 4) is 0 Å². The van der Waals surface area contributed by atoms with Crippen LogP contribution < -0.4 is 11.5 Å². The zero-order chi connectivity index (χ0) is 14.0. The first-order chi connectivity index (χ1) is 8.95. The molecule has 1 heterocycles. The van der Waals surface area contributed by atoms with Gasteiger partial charge in [-0.05, 0) is 42.4 Å². The normalized spacial score (nSPS) is 10.4. The molecule has 0 saturated carbocycles. The van der Waals surface area contributed by atoms with Gasteiger partial charge in [-0.15, -0.1) is 0 Å². The highest BCUT2D eigenvalue weighted by atomic mass is 32.2. The van der Waals surface area contributed by atoms with Crippen LogP contribution in [0.3, 0.4) is 0 Å². The van der Waals surface area contributed by atoms with E-state index < -0.39 is 5.97 Å². The number of carboxylic acid groups (broad SMARTS) is 1. The van der Waals surface area contributed by atoms with Gasteiger partial charge in [-0.3, -0.25) is 0 Å². The van der Waals surface area contributed by atoms with Crippen LogP contribution in [-0.2, 0) is 0 Å². The predicted octanol–water partition coefficient (Wildman–Crippen LogP) is 1.80. The van der Waals surface area contributed by atoms with Gasteiger partial charge >= 0.3 is 5.97 Å². The second-order valence-corrected chi connectivity index (χ2v) is 4.90. The molecule has 1 aromatic heterocycles. The van der Waals surface area contributed by atoms with Crippen LogP contribution in [-0.4, -0.2) is 21.0 Å². The topological polar surface area (TPSA) is 115 Å². The van der Waals surface area contributed by atoms with Gasteiger partial charge < -0.3 is 16.6 Å². The number of hydrogen-bond donors (Lipinski definition) is 3. The summed E-state index contributed by atoms with van der Waals surface area (Å²) >= 11 is 1.29. The molecule has 0 radical (unpaired) electrons. The average Bonchev–Trinajstić information content (AvgIpc) is 2.30. The first-order valence-corrected chi connectivity index (χ1v) is 6.19. The largest absolute Gasteiger partial charge is 0.478 e. The van der Waals surface area contributed by atoms with Crippen molar-refractivity contribution in [2.75, 3.05) is 11.5 Å². The lowest BCUT2D eigenvalue weighted by molar-refractivity contribution is 0.0696. The number of benzene rings is 1. The number of nitrogen functional groups attached to an aromatic ring is 2. The summed E-state index contributed by atoms with van der Waals surface area (Å²) in [7, 11) is 0. The average molecular weight is 276 g/mol. The highest BCUT2D eigenvalue weighted by Crippen LogP contribution is 2.29. The molecule has 0 atom stereocenters. The molecule has 2 rings (SSSR count). The fourth-order valence-corrected chi connectivity index (χ4v) is 2.36. The van der Waals surface area contributed by atoms with Gasteiger partial charge in [0.15, 0.2) is 5.16 Å². The molecule has 0 unspecified atom stereocenters. The number of nitrogens with two attached hydrogens (primary N) is 2. The Morgan fingerprint density at radius 2 is 1.84 bits per heavy atom. The fraction of sp³-hybridized carbons (Fsp3) is 0.0833. The maximum absolute atomic E-state index is 10.8. The van der Waals surface area contributed by atoms with E-state index in [2.05, 4.69) is 9.97 Å². The molecule has 19 heavy (non-hydrogen) atoms. The third kappa shape index (κ3) is 3.14. The highest BCUT2D eigenvalue weighted by Gasteiger charge is 2.09. The molecular weight excluding hydrogens is 264 g/mol. The van der Waals surface area contributed by atoms with Crippen LogP contribution in [0.2, 0.25) is 0 Å². The van der Waals surface area contributed by atoms with Crippen LogP contribution >= 0.6 is 11.8 Å². The Balaban J connectivity index is 2.30. The number of rotatable bonds is 3. The Hall–Kier alpha value is -2.28. The highest BCUT2D eigenvalue weighted by molar-refractivity contribution is 7.99. The third-order valence-corrected chi connectivity index (χ3v) is 3.41. The van der Waals surface area contributed by atoms with Gasteiger partial charge in [0.1, 0.15) is 11.6 Å². The summed E-state index contributed by atoms with van der Waals surface area (Å²) in [5.41, 5.74) is 12.3. The molecule has 0 bridgehead atoms. The molecule has 2 aromatic rings. The standard InChI is InChI=1S/C12H12N4O2S/c1-6-4-7(11(17)18)2-3-8(6)19-12-15-9(13)5-10(14)16-12/h2-5H,1H3,(H,17,18)(H4,13,14,15,16). The van der Waals surface area contributed by atoms with E-state index in [4.69, 9.17) is 16.6 Å². The molecule has 0 amide bonds. The minimum atomic E-state index is -0.955. The molecular formula is C12H12N4O2S. The van der Waals surface area contributed by atoms with E-state index in [9.17, 15) is 4.79 Å². The summed E-state index contributed by atoms with van der Waals surface area (Å²) in [5.74, 6) is -0.353. The lowest BCUT2D eigenvalue weighted by atomic mass is 10.1. The number of carbonyl (C=O) groups is 1. The number of anilines is 2. The molecule has 0 fully saturated rings. The van der Waals surface area contributed by atoms with E-state index in [1.165, 1.54) is 23.9 Å². The molecule has 0 aliphatic carbocycles. The summed E-state index contributed by atoms with van der Waals surface area (Å²) in [6.45, 7) is 1.82. The van der Waals surface area contributed by atoms with Crippen LogP contribution in [0.25, 0.3) is 0 Å². The molecule has 5 N–H and O–H groups in total. The first kappa shape index (κ1) is 13.2. The zero-order valence-electron chi connectivity index (χ0n) is 10.1. The van der Waals surface area contributed by atoms with E-state index >= 15 is 0 Å². The number of aromatic carboxylic acids is 1. The fourth-order valence-electron chi connectivity index (χ4n) is 1.50. The Bertz CT molecular complexity index is 625. The molecule has 0 saturated heterocycles. The Kier molecular flexibility index (Phi) is 3.57. The number of hydrogen-bond acceptors (Lipinski definition) is 6. The van der Waals surface area contributed by atoms with Gasteiger partial charge in [0.25, 0.3) is 0 Å². The Morgan fingerprint density at radius 1 is 1.21 bits per heavy atom. The summed E-state index contributed by atoms with van der Waals surface area (Å²) in [5, 5.41) is 9.33. The van der Waals surface area contributed by atoms with Crippen LogP contribution in [0, 0.1) is 6.92 Å². The lowest BCUT2D eigenvalue weighted by Gasteiger charge is -2.06. The van der Waals surface area contributed by atoms with Crippen molar-refractivity contribution in [1.29, 1.82) is 0 Å². The Morgan fingerprint density at radius 3 is 2.37 bits per heavy atom. The van der Waals surface area contributed by atoms with Crippen molar-refractivity contribution in [2.45, 2.75) is 17.0 Å². The SMILES string of the molecule is Cc1cc(C(=O)O)ccc1Sc1nc(N)cc(N)n1. The van der Waals surface area contributed by atoms with Crippen LogP contribution in [0.1, 0.15) is 15.9 Å². The van der Waals surface area contributed by atoms with Crippen molar-refractivity contribution in [3.05, 3.63) is 35.4 Å². The second kappa shape index (κ2) is 5.15. The van der Waals surface area contributed by atoms with E-state index in [1.54, 1.807) is 12.1 Å². The minimum absolute atomic E-state index is 0.245. The maximum Gasteiger partial charge on any atom is 0.335 e. The minimum Gasteiger partial charge on any atom is -0.478 e. The van der Waals surface area contributed by atoms with Crippen LogP contribution in [0.4, 0.5) is 11.6 Å².